The van der Waals surface area contributed by atoms with Gasteiger partial charge in [-0.2, -0.15) is 0 Å². The molecule has 0 unspecified atom stereocenters. The Kier molecular flexibility index (Phi) is 3.48. The van der Waals surface area contributed by atoms with E-state index in [0.29, 0.717) is 5.56 Å². The van der Waals surface area contributed by atoms with Crippen molar-refractivity contribution in [1.29, 1.82) is 0 Å². The average Bonchev–Trinajstić information content (AvgIpc) is 2.94. The number of carbonyl (C=O) groups is 1. The lowest BCUT2D eigenvalue weighted by Crippen LogP contribution is -2.05. The number of ether oxygens (including phenoxy) is 1. The fourth-order valence-electron chi connectivity index (χ4n) is 2.69. The van der Waals surface area contributed by atoms with Crippen LogP contribution in [0.1, 0.15) is 28.9 Å². The molecular weight excluding hydrogens is 262 g/mol. The molecule has 0 aliphatic carbocycles. The molecule has 0 spiro atoms. The summed E-state index contributed by atoms with van der Waals surface area (Å²) in [6, 6.07) is 18.3. The number of nitrogens with zero attached hydrogens (tertiary/aromatic N) is 1. The molecule has 2 aromatic carbocycles. The molecule has 3 rings (SSSR count). The largest absolute Gasteiger partial charge is 0.465 e. The number of fused-ring (bicyclic) bond motifs is 1. The molecule has 0 saturated carbocycles. The highest BCUT2D eigenvalue weighted by Gasteiger charge is 2.18. The number of methoxy groups -OCH3 is 1. The van der Waals surface area contributed by atoms with Crippen LogP contribution in [0.15, 0.2) is 60.8 Å². The van der Waals surface area contributed by atoms with Gasteiger partial charge in [-0.05, 0) is 18.6 Å². The van der Waals surface area contributed by atoms with Gasteiger partial charge in [-0.3, -0.25) is 0 Å². The van der Waals surface area contributed by atoms with Gasteiger partial charge in [0, 0.05) is 17.1 Å². The van der Waals surface area contributed by atoms with Crippen LogP contribution >= 0.6 is 0 Å². The zero-order chi connectivity index (χ0) is 14.8. The lowest BCUT2D eigenvalue weighted by molar-refractivity contribution is 0.0602. The summed E-state index contributed by atoms with van der Waals surface area (Å²) in [4.78, 5) is 12.0. The first-order chi connectivity index (χ1) is 10.2. The molecule has 0 bridgehead atoms. The number of benzene rings is 2. The average molecular weight is 279 g/mol. The number of hydrogen-bond donors (Lipinski definition) is 0. The van der Waals surface area contributed by atoms with E-state index >= 15 is 0 Å². The molecule has 0 aliphatic heterocycles. The summed E-state index contributed by atoms with van der Waals surface area (Å²) < 4.78 is 7.01. The zero-order valence-corrected chi connectivity index (χ0v) is 12.1. The van der Waals surface area contributed by atoms with Crippen molar-refractivity contribution in [3.8, 4) is 0 Å². The van der Waals surface area contributed by atoms with Gasteiger partial charge in [0.25, 0.3) is 0 Å². The maximum atomic E-state index is 12.0. The molecule has 0 radical (unpaired) electrons. The van der Waals surface area contributed by atoms with Crippen LogP contribution in [0.5, 0.6) is 0 Å². The Morgan fingerprint density at radius 3 is 2.43 bits per heavy atom. The van der Waals surface area contributed by atoms with Crippen molar-refractivity contribution in [2.75, 3.05) is 7.11 Å². The number of aromatic nitrogens is 1. The number of carbonyl (C=O) groups excluding carboxylic acids is 1. The molecular formula is C18H17NO2. The minimum Gasteiger partial charge on any atom is -0.465 e. The summed E-state index contributed by atoms with van der Waals surface area (Å²) in [5.41, 5.74) is 2.85. The molecule has 0 fully saturated rings. The van der Waals surface area contributed by atoms with E-state index in [2.05, 4.69) is 23.6 Å². The van der Waals surface area contributed by atoms with Gasteiger partial charge in [0.05, 0.1) is 18.7 Å². The predicted molar refractivity (Wildman–Crippen MR) is 83.5 cm³/mol. The molecule has 106 valence electrons. The topological polar surface area (TPSA) is 31.2 Å². The third kappa shape index (κ3) is 2.31. The van der Waals surface area contributed by atoms with E-state index in [4.69, 9.17) is 4.74 Å². The molecule has 3 nitrogen and oxygen atoms in total. The molecule has 21 heavy (non-hydrogen) atoms. The van der Waals surface area contributed by atoms with Crippen molar-refractivity contribution in [2.45, 2.75) is 13.0 Å². The Morgan fingerprint density at radius 1 is 1.05 bits per heavy atom. The van der Waals surface area contributed by atoms with Crippen LogP contribution in [-0.4, -0.2) is 17.6 Å². The standard InChI is InChI=1S/C18H17NO2/c1-13(14-8-4-3-5-9-14)19-12-16(18(20)21-2)15-10-6-7-11-17(15)19/h3-13H,1-2H3/t13-/m0/s1. The molecule has 1 heterocycles. The monoisotopic (exact) mass is 279 g/mol. The Balaban J connectivity index is 2.17. The second-order valence-corrected chi connectivity index (χ2v) is 5.05. The second kappa shape index (κ2) is 5.44. The number of para-hydroxylation sites is 1. The number of esters is 1. The Morgan fingerprint density at radius 2 is 1.71 bits per heavy atom. The summed E-state index contributed by atoms with van der Waals surface area (Å²) >= 11 is 0. The van der Waals surface area contributed by atoms with Gasteiger partial charge in [-0.15, -0.1) is 0 Å². The highest BCUT2D eigenvalue weighted by atomic mass is 16.5. The van der Waals surface area contributed by atoms with Crippen LogP contribution in [-0.2, 0) is 4.74 Å². The van der Waals surface area contributed by atoms with Crippen LogP contribution in [0.4, 0.5) is 0 Å². The van der Waals surface area contributed by atoms with Crippen molar-refractivity contribution in [3.05, 3.63) is 71.9 Å². The molecule has 0 aliphatic rings. The molecule has 1 aromatic heterocycles. The first-order valence-electron chi connectivity index (χ1n) is 6.95. The van der Waals surface area contributed by atoms with E-state index in [9.17, 15) is 4.79 Å². The highest BCUT2D eigenvalue weighted by molar-refractivity contribution is 6.04. The lowest BCUT2D eigenvalue weighted by Gasteiger charge is -2.15. The van der Waals surface area contributed by atoms with Gasteiger partial charge in [-0.1, -0.05) is 48.5 Å². The summed E-state index contributed by atoms with van der Waals surface area (Å²) in [7, 11) is 1.41. The van der Waals surface area contributed by atoms with Gasteiger partial charge in [0.1, 0.15) is 0 Å². The molecule has 1 atom stereocenters. The maximum absolute atomic E-state index is 12.0. The minimum atomic E-state index is -0.301. The normalized spacial score (nSPS) is 12.3. The molecule has 3 aromatic rings. The third-order valence-electron chi connectivity index (χ3n) is 3.85. The molecule has 3 heteroatoms. The van der Waals surface area contributed by atoms with Gasteiger partial charge in [0.15, 0.2) is 0 Å². The predicted octanol–water partition coefficient (Wildman–Crippen LogP) is 4.04. The Hall–Kier alpha value is -2.55. The van der Waals surface area contributed by atoms with Gasteiger partial charge in [-0.25, -0.2) is 4.79 Å². The Labute approximate surface area is 123 Å². The van der Waals surface area contributed by atoms with Gasteiger partial charge in [0.2, 0.25) is 0 Å². The van der Waals surface area contributed by atoms with Gasteiger partial charge >= 0.3 is 5.97 Å². The van der Waals surface area contributed by atoms with E-state index in [1.54, 1.807) is 0 Å². The summed E-state index contributed by atoms with van der Waals surface area (Å²) in [6.45, 7) is 2.13. The maximum Gasteiger partial charge on any atom is 0.340 e. The fourth-order valence-corrected chi connectivity index (χ4v) is 2.69. The quantitative estimate of drug-likeness (QED) is 0.678. The fraction of sp³-hybridized carbons (Fsp3) is 0.167. The van der Waals surface area contributed by atoms with E-state index in [1.165, 1.54) is 12.7 Å². The van der Waals surface area contributed by atoms with Gasteiger partial charge < -0.3 is 9.30 Å². The van der Waals surface area contributed by atoms with E-state index in [1.807, 2.05) is 48.7 Å². The SMILES string of the molecule is COC(=O)c1cn([C@@H](C)c2ccccc2)c2ccccc12. The second-order valence-electron chi connectivity index (χ2n) is 5.05. The molecule has 0 saturated heterocycles. The summed E-state index contributed by atoms with van der Waals surface area (Å²) in [6.07, 6.45) is 1.88. The van der Waals surface area contributed by atoms with Crippen molar-refractivity contribution in [2.24, 2.45) is 0 Å². The van der Waals surface area contributed by atoms with Crippen molar-refractivity contribution in [3.63, 3.8) is 0 Å². The Bertz CT molecular complexity index is 774. The van der Waals surface area contributed by atoms with Crippen molar-refractivity contribution < 1.29 is 9.53 Å². The zero-order valence-electron chi connectivity index (χ0n) is 12.1. The van der Waals surface area contributed by atoms with E-state index < -0.39 is 0 Å². The number of rotatable bonds is 3. The van der Waals surface area contributed by atoms with Crippen molar-refractivity contribution >= 4 is 16.9 Å². The van der Waals surface area contributed by atoms with E-state index in [-0.39, 0.29) is 12.0 Å². The molecule has 0 amide bonds. The van der Waals surface area contributed by atoms with Crippen molar-refractivity contribution in [1.82, 2.24) is 4.57 Å². The van der Waals surface area contributed by atoms with Crippen LogP contribution < -0.4 is 0 Å². The van der Waals surface area contributed by atoms with Crippen LogP contribution in [0.2, 0.25) is 0 Å². The van der Waals surface area contributed by atoms with Crippen LogP contribution in [0.25, 0.3) is 10.9 Å². The highest BCUT2D eigenvalue weighted by Crippen LogP contribution is 2.28. The smallest absolute Gasteiger partial charge is 0.340 e. The first-order valence-corrected chi connectivity index (χ1v) is 6.95. The molecule has 0 N–H and O–H groups in total. The first kappa shape index (κ1) is 13.4. The third-order valence-corrected chi connectivity index (χ3v) is 3.85. The van der Waals surface area contributed by atoms with Crippen LogP contribution in [0, 0.1) is 0 Å². The van der Waals surface area contributed by atoms with E-state index in [0.717, 1.165) is 10.9 Å². The summed E-state index contributed by atoms with van der Waals surface area (Å²) in [5, 5.41) is 0.923. The van der Waals surface area contributed by atoms with Crippen LogP contribution in [0.3, 0.4) is 0 Å². The number of hydrogen-bond acceptors (Lipinski definition) is 2. The minimum absolute atomic E-state index is 0.148. The lowest BCUT2D eigenvalue weighted by atomic mass is 10.1. The summed E-state index contributed by atoms with van der Waals surface area (Å²) in [5.74, 6) is -0.301.